The molecule has 2 aromatic carbocycles. The Kier molecular flexibility index (Phi) is 7.63. The van der Waals surface area contributed by atoms with Gasteiger partial charge in [0.05, 0.1) is 0 Å². The molecule has 0 saturated carbocycles. The highest BCUT2D eigenvalue weighted by molar-refractivity contribution is 5.94. The maximum Gasteiger partial charge on any atom is 0.251 e. The van der Waals surface area contributed by atoms with E-state index >= 15 is 0 Å². The molecular formula is C21H29N3O2. The number of ether oxygens (including phenoxy) is 1. The molecule has 26 heavy (non-hydrogen) atoms. The minimum Gasteiger partial charge on any atom is -0.457 e. The first-order valence-electron chi connectivity index (χ1n) is 8.94. The van der Waals surface area contributed by atoms with E-state index in [4.69, 9.17) is 4.74 Å². The Morgan fingerprint density at radius 3 is 2.65 bits per heavy atom. The van der Waals surface area contributed by atoms with Crippen molar-refractivity contribution in [1.82, 2.24) is 15.5 Å². The van der Waals surface area contributed by atoms with Gasteiger partial charge in [-0.05, 0) is 76.9 Å². The van der Waals surface area contributed by atoms with Crippen LogP contribution < -0.4 is 15.4 Å². The molecule has 0 aliphatic heterocycles. The van der Waals surface area contributed by atoms with Gasteiger partial charge in [-0.25, -0.2) is 0 Å². The lowest BCUT2D eigenvalue weighted by atomic mass is 10.1. The van der Waals surface area contributed by atoms with Crippen molar-refractivity contribution in [3.05, 3.63) is 59.2 Å². The van der Waals surface area contributed by atoms with Crippen LogP contribution in [0, 0.1) is 6.92 Å². The summed E-state index contributed by atoms with van der Waals surface area (Å²) in [4.78, 5) is 14.5. The van der Waals surface area contributed by atoms with E-state index < -0.39 is 0 Å². The molecule has 0 bridgehead atoms. The van der Waals surface area contributed by atoms with Gasteiger partial charge in [0.15, 0.2) is 0 Å². The second-order valence-electron chi connectivity index (χ2n) is 6.68. The van der Waals surface area contributed by atoms with Gasteiger partial charge in [0.2, 0.25) is 0 Å². The molecule has 2 rings (SSSR count). The highest BCUT2D eigenvalue weighted by Crippen LogP contribution is 2.27. The van der Waals surface area contributed by atoms with E-state index in [9.17, 15) is 4.79 Å². The summed E-state index contributed by atoms with van der Waals surface area (Å²) in [6.07, 6.45) is 0.927. The van der Waals surface area contributed by atoms with Crippen molar-refractivity contribution >= 4 is 5.91 Å². The van der Waals surface area contributed by atoms with Gasteiger partial charge in [0.1, 0.15) is 11.5 Å². The van der Waals surface area contributed by atoms with Crippen LogP contribution in [-0.2, 0) is 6.54 Å². The third-order valence-corrected chi connectivity index (χ3v) is 3.97. The molecule has 5 nitrogen and oxygen atoms in total. The Labute approximate surface area is 156 Å². The Morgan fingerprint density at radius 2 is 1.96 bits per heavy atom. The summed E-state index contributed by atoms with van der Waals surface area (Å²) in [5.41, 5.74) is 2.75. The van der Waals surface area contributed by atoms with E-state index in [1.54, 1.807) is 0 Å². The number of hydrogen-bond acceptors (Lipinski definition) is 4. The number of hydrogen-bond donors (Lipinski definition) is 2. The third-order valence-electron chi connectivity index (χ3n) is 3.97. The molecule has 0 heterocycles. The van der Waals surface area contributed by atoms with Crippen LogP contribution in [0.2, 0.25) is 0 Å². The van der Waals surface area contributed by atoms with Crippen LogP contribution in [0.25, 0.3) is 0 Å². The van der Waals surface area contributed by atoms with Crippen LogP contribution in [0.3, 0.4) is 0 Å². The molecule has 2 aromatic rings. The van der Waals surface area contributed by atoms with Gasteiger partial charge in [-0.15, -0.1) is 0 Å². The summed E-state index contributed by atoms with van der Waals surface area (Å²) in [5.74, 6) is 1.50. The smallest absolute Gasteiger partial charge is 0.251 e. The van der Waals surface area contributed by atoms with Crippen molar-refractivity contribution < 1.29 is 9.53 Å². The molecule has 0 saturated heterocycles. The maximum absolute atomic E-state index is 12.4. The monoisotopic (exact) mass is 355 g/mol. The molecule has 0 aliphatic rings. The Hall–Kier alpha value is -2.37. The van der Waals surface area contributed by atoms with Crippen molar-refractivity contribution in [2.75, 3.05) is 34.2 Å². The van der Waals surface area contributed by atoms with Crippen LogP contribution in [-0.4, -0.2) is 45.0 Å². The topological polar surface area (TPSA) is 53.6 Å². The number of carbonyl (C=O) groups excluding carboxylic acids is 1. The zero-order valence-corrected chi connectivity index (χ0v) is 16.1. The highest BCUT2D eigenvalue weighted by atomic mass is 16.5. The highest BCUT2D eigenvalue weighted by Gasteiger charge is 2.11. The SMILES string of the molecule is CNCc1cc(C(=O)NCCCN(C)C)ccc1Oc1cccc(C)c1. The van der Waals surface area contributed by atoms with Crippen molar-refractivity contribution in [2.24, 2.45) is 0 Å². The first-order chi connectivity index (χ1) is 12.5. The Morgan fingerprint density at radius 1 is 1.15 bits per heavy atom. The summed E-state index contributed by atoms with van der Waals surface area (Å²) in [6, 6.07) is 13.5. The number of nitrogens with one attached hydrogen (secondary N) is 2. The van der Waals surface area contributed by atoms with Gasteiger partial charge in [0, 0.05) is 24.2 Å². The first kappa shape index (κ1) is 19.9. The number of aryl methyl sites for hydroxylation is 1. The molecule has 2 N–H and O–H groups in total. The maximum atomic E-state index is 12.4. The van der Waals surface area contributed by atoms with Crippen LogP contribution in [0.1, 0.15) is 27.9 Å². The van der Waals surface area contributed by atoms with Gasteiger partial charge < -0.3 is 20.3 Å². The van der Waals surface area contributed by atoms with Gasteiger partial charge >= 0.3 is 0 Å². The molecule has 0 radical (unpaired) electrons. The third kappa shape index (κ3) is 6.17. The quantitative estimate of drug-likeness (QED) is 0.679. The summed E-state index contributed by atoms with van der Waals surface area (Å²) in [5, 5.41) is 6.11. The van der Waals surface area contributed by atoms with Crippen molar-refractivity contribution in [3.63, 3.8) is 0 Å². The van der Waals surface area contributed by atoms with Crippen LogP contribution in [0.4, 0.5) is 0 Å². The first-order valence-corrected chi connectivity index (χ1v) is 8.94. The zero-order valence-electron chi connectivity index (χ0n) is 16.1. The van der Waals surface area contributed by atoms with E-state index in [2.05, 4.69) is 15.5 Å². The molecule has 5 heteroatoms. The number of carbonyl (C=O) groups is 1. The standard InChI is InChI=1S/C21H29N3O2/c1-16-7-5-8-19(13-16)26-20-10-9-17(14-18(20)15-22-2)21(25)23-11-6-12-24(3)4/h5,7-10,13-14,22H,6,11-12,15H2,1-4H3,(H,23,25). The fourth-order valence-corrected chi connectivity index (χ4v) is 2.65. The van der Waals surface area contributed by atoms with E-state index in [0.29, 0.717) is 18.7 Å². The molecule has 0 aromatic heterocycles. The van der Waals surface area contributed by atoms with E-state index in [1.165, 1.54) is 0 Å². The molecular weight excluding hydrogens is 326 g/mol. The summed E-state index contributed by atoms with van der Waals surface area (Å²) in [7, 11) is 5.93. The van der Waals surface area contributed by atoms with E-state index in [0.717, 1.165) is 35.6 Å². The van der Waals surface area contributed by atoms with Crippen molar-refractivity contribution in [1.29, 1.82) is 0 Å². The van der Waals surface area contributed by atoms with Gasteiger partial charge in [-0.2, -0.15) is 0 Å². The summed E-state index contributed by atoms with van der Waals surface area (Å²) in [6.45, 7) is 4.28. The van der Waals surface area contributed by atoms with Gasteiger partial charge in [0.25, 0.3) is 5.91 Å². The van der Waals surface area contributed by atoms with Crippen LogP contribution in [0.5, 0.6) is 11.5 Å². The Balaban J connectivity index is 2.08. The second-order valence-corrected chi connectivity index (χ2v) is 6.68. The lowest BCUT2D eigenvalue weighted by molar-refractivity contribution is 0.0952. The number of amides is 1. The fraction of sp³-hybridized carbons (Fsp3) is 0.381. The molecule has 0 fully saturated rings. The Bertz CT molecular complexity index is 729. The number of nitrogens with zero attached hydrogens (tertiary/aromatic N) is 1. The lowest BCUT2D eigenvalue weighted by Crippen LogP contribution is -2.27. The minimum atomic E-state index is -0.0526. The average Bonchev–Trinajstić information content (AvgIpc) is 2.60. The molecule has 0 atom stereocenters. The van der Waals surface area contributed by atoms with Crippen molar-refractivity contribution in [2.45, 2.75) is 19.9 Å². The van der Waals surface area contributed by atoms with Gasteiger partial charge in [-0.3, -0.25) is 4.79 Å². The zero-order chi connectivity index (χ0) is 18.9. The molecule has 0 unspecified atom stereocenters. The summed E-state index contributed by atoms with van der Waals surface area (Å²) >= 11 is 0. The minimum absolute atomic E-state index is 0.0526. The predicted octanol–water partition coefficient (Wildman–Crippen LogP) is 3.19. The van der Waals surface area contributed by atoms with Crippen LogP contribution >= 0.6 is 0 Å². The van der Waals surface area contributed by atoms with E-state index in [1.807, 2.05) is 70.5 Å². The lowest BCUT2D eigenvalue weighted by Gasteiger charge is -2.14. The molecule has 0 spiro atoms. The molecule has 1 amide bonds. The fourth-order valence-electron chi connectivity index (χ4n) is 2.65. The van der Waals surface area contributed by atoms with E-state index in [-0.39, 0.29) is 5.91 Å². The number of rotatable bonds is 9. The number of benzene rings is 2. The summed E-state index contributed by atoms with van der Waals surface area (Å²) < 4.78 is 6.03. The molecule has 0 aliphatic carbocycles. The van der Waals surface area contributed by atoms with Crippen LogP contribution in [0.15, 0.2) is 42.5 Å². The predicted molar refractivity (Wildman–Crippen MR) is 106 cm³/mol. The second kappa shape index (κ2) is 9.94. The average molecular weight is 355 g/mol. The van der Waals surface area contributed by atoms with Crippen molar-refractivity contribution in [3.8, 4) is 11.5 Å². The van der Waals surface area contributed by atoms with Gasteiger partial charge in [-0.1, -0.05) is 12.1 Å². The largest absolute Gasteiger partial charge is 0.457 e. The molecule has 140 valence electrons. The normalized spacial score (nSPS) is 10.8.